The van der Waals surface area contributed by atoms with Crippen LogP contribution in [-0.2, 0) is 22.4 Å². The molecule has 158 valence electrons. The van der Waals surface area contributed by atoms with Gasteiger partial charge >= 0.3 is 11.9 Å². The summed E-state index contributed by atoms with van der Waals surface area (Å²) in [4.78, 5) is 28.5. The van der Waals surface area contributed by atoms with Crippen LogP contribution < -0.4 is 17.2 Å². The van der Waals surface area contributed by atoms with Crippen molar-refractivity contribution in [3.05, 3.63) is 88.6 Å². The van der Waals surface area contributed by atoms with E-state index in [1.165, 1.54) is 6.07 Å². The summed E-state index contributed by atoms with van der Waals surface area (Å²) in [6, 6.07) is 15.6. The Labute approximate surface area is 179 Å². The van der Waals surface area contributed by atoms with Gasteiger partial charge in [-0.3, -0.25) is 10.2 Å². The van der Waals surface area contributed by atoms with Crippen molar-refractivity contribution < 1.29 is 14.3 Å². The summed E-state index contributed by atoms with van der Waals surface area (Å²) >= 11 is 0. The molecular weight excluding hydrogens is 394 g/mol. The summed E-state index contributed by atoms with van der Waals surface area (Å²) in [6.07, 6.45) is 2.41. The second kappa shape index (κ2) is 9.53. The molecule has 0 spiro atoms. The fraction of sp³-hybridized carbons (Fsp3) is 0.130. The molecule has 8 heteroatoms. The summed E-state index contributed by atoms with van der Waals surface area (Å²) in [7, 11) is 0. The number of para-hydroxylation sites is 1. The molecule has 8 nitrogen and oxygen atoms in total. The van der Waals surface area contributed by atoms with Crippen molar-refractivity contribution in [3.63, 3.8) is 0 Å². The number of nitrogens with zero attached hydrogens (tertiary/aromatic N) is 1. The first-order chi connectivity index (χ1) is 14.8. The minimum absolute atomic E-state index is 0.00529. The average Bonchev–Trinajstić information content (AvgIpc) is 2.74. The SMILES string of the molecule is N=C(N)c1ccc(Cc2ccnc(N)c2CCC(=O)OC(=O)c2ccccc2N)cc1. The topological polar surface area (TPSA) is 158 Å². The average molecular weight is 417 g/mol. The third kappa shape index (κ3) is 5.45. The number of amidine groups is 1. The molecular formula is C23H23N5O3. The van der Waals surface area contributed by atoms with Crippen LogP contribution in [0.2, 0.25) is 0 Å². The molecule has 0 amide bonds. The number of ether oxygens (including phenoxy) is 1. The Morgan fingerprint density at radius 3 is 2.39 bits per heavy atom. The van der Waals surface area contributed by atoms with Gasteiger partial charge in [0.05, 0.1) is 12.0 Å². The smallest absolute Gasteiger partial charge is 0.347 e. The van der Waals surface area contributed by atoms with Crippen molar-refractivity contribution in [2.45, 2.75) is 19.3 Å². The number of nitrogens with one attached hydrogen (secondary N) is 1. The lowest BCUT2D eigenvalue weighted by Crippen LogP contribution is -2.15. The van der Waals surface area contributed by atoms with Crippen LogP contribution in [-0.4, -0.2) is 22.8 Å². The zero-order chi connectivity index (χ0) is 22.4. The minimum Gasteiger partial charge on any atom is -0.398 e. The molecule has 2 aromatic carbocycles. The summed E-state index contributed by atoms with van der Waals surface area (Å²) < 4.78 is 4.92. The number of anilines is 2. The second-order valence-electron chi connectivity index (χ2n) is 6.97. The van der Waals surface area contributed by atoms with E-state index >= 15 is 0 Å². The number of benzene rings is 2. The van der Waals surface area contributed by atoms with E-state index in [4.69, 9.17) is 27.3 Å². The van der Waals surface area contributed by atoms with Gasteiger partial charge in [0, 0.05) is 17.4 Å². The summed E-state index contributed by atoms with van der Waals surface area (Å²) in [6.45, 7) is 0. The third-order valence-corrected chi connectivity index (χ3v) is 4.81. The van der Waals surface area contributed by atoms with Gasteiger partial charge in [0.1, 0.15) is 11.7 Å². The lowest BCUT2D eigenvalue weighted by Gasteiger charge is -2.12. The molecule has 0 unspecified atom stereocenters. The summed E-state index contributed by atoms with van der Waals surface area (Å²) in [5.41, 5.74) is 20.9. The highest BCUT2D eigenvalue weighted by Gasteiger charge is 2.17. The van der Waals surface area contributed by atoms with Gasteiger partial charge in [-0.15, -0.1) is 0 Å². The van der Waals surface area contributed by atoms with E-state index < -0.39 is 11.9 Å². The molecule has 31 heavy (non-hydrogen) atoms. The van der Waals surface area contributed by atoms with E-state index in [-0.39, 0.29) is 29.9 Å². The first-order valence-electron chi connectivity index (χ1n) is 9.60. The van der Waals surface area contributed by atoms with Gasteiger partial charge in [-0.25, -0.2) is 9.78 Å². The van der Waals surface area contributed by atoms with E-state index in [9.17, 15) is 9.59 Å². The molecule has 0 aliphatic heterocycles. The van der Waals surface area contributed by atoms with Crippen molar-refractivity contribution >= 4 is 29.3 Å². The Morgan fingerprint density at radius 1 is 1.00 bits per heavy atom. The molecule has 0 aliphatic carbocycles. The molecule has 0 saturated heterocycles. The molecule has 0 radical (unpaired) electrons. The van der Waals surface area contributed by atoms with Crippen molar-refractivity contribution in [3.8, 4) is 0 Å². The highest BCUT2D eigenvalue weighted by Crippen LogP contribution is 2.21. The lowest BCUT2D eigenvalue weighted by molar-refractivity contribution is -0.137. The number of pyridine rings is 1. The van der Waals surface area contributed by atoms with Crippen LogP contribution >= 0.6 is 0 Å². The van der Waals surface area contributed by atoms with Crippen LogP contribution in [0.25, 0.3) is 0 Å². The maximum absolute atomic E-state index is 12.2. The van der Waals surface area contributed by atoms with Crippen LogP contribution in [0, 0.1) is 5.41 Å². The number of nitrogens with two attached hydrogens (primary N) is 3. The van der Waals surface area contributed by atoms with Crippen molar-refractivity contribution in [1.29, 1.82) is 5.41 Å². The monoisotopic (exact) mass is 417 g/mol. The number of nitrogen functional groups attached to an aromatic ring is 3. The van der Waals surface area contributed by atoms with E-state index in [0.29, 0.717) is 17.8 Å². The van der Waals surface area contributed by atoms with Gasteiger partial charge in [0.2, 0.25) is 0 Å². The van der Waals surface area contributed by atoms with Gasteiger partial charge in [-0.1, -0.05) is 36.4 Å². The minimum atomic E-state index is -0.784. The maximum Gasteiger partial charge on any atom is 0.347 e. The number of carbonyl (C=O) groups excluding carboxylic acids is 2. The molecule has 3 aromatic rings. The predicted octanol–water partition coefficient (Wildman–Crippen LogP) is 2.44. The molecule has 0 saturated carbocycles. The number of rotatable bonds is 7. The predicted molar refractivity (Wildman–Crippen MR) is 119 cm³/mol. The Morgan fingerprint density at radius 2 is 1.71 bits per heavy atom. The van der Waals surface area contributed by atoms with E-state index in [1.807, 2.05) is 18.2 Å². The number of hydrogen-bond donors (Lipinski definition) is 4. The van der Waals surface area contributed by atoms with Crippen LogP contribution in [0.3, 0.4) is 0 Å². The van der Waals surface area contributed by atoms with E-state index in [1.54, 1.807) is 36.5 Å². The molecule has 3 rings (SSSR count). The van der Waals surface area contributed by atoms with Crippen molar-refractivity contribution in [1.82, 2.24) is 4.98 Å². The highest BCUT2D eigenvalue weighted by atomic mass is 16.6. The molecule has 1 heterocycles. The van der Waals surface area contributed by atoms with Gasteiger partial charge < -0.3 is 21.9 Å². The molecule has 0 aliphatic rings. The van der Waals surface area contributed by atoms with Gasteiger partial charge in [0.15, 0.2) is 0 Å². The van der Waals surface area contributed by atoms with Crippen molar-refractivity contribution in [2.75, 3.05) is 11.5 Å². The first kappa shape index (κ1) is 21.5. The number of carbonyl (C=O) groups is 2. The molecule has 1 aromatic heterocycles. The van der Waals surface area contributed by atoms with Crippen LogP contribution in [0.5, 0.6) is 0 Å². The fourth-order valence-electron chi connectivity index (χ4n) is 3.15. The van der Waals surface area contributed by atoms with Crippen LogP contribution in [0.15, 0.2) is 60.8 Å². The Bertz CT molecular complexity index is 1130. The van der Waals surface area contributed by atoms with Crippen molar-refractivity contribution in [2.24, 2.45) is 5.73 Å². The van der Waals surface area contributed by atoms with Gasteiger partial charge in [-0.2, -0.15) is 0 Å². The maximum atomic E-state index is 12.2. The van der Waals surface area contributed by atoms with E-state index in [2.05, 4.69) is 4.98 Å². The fourth-order valence-corrected chi connectivity index (χ4v) is 3.15. The summed E-state index contributed by atoms with van der Waals surface area (Å²) in [5, 5.41) is 7.48. The Kier molecular flexibility index (Phi) is 6.61. The standard InChI is InChI=1S/C23H23N5O3/c24-19-4-2-1-3-18(19)23(30)31-20(29)10-9-17-16(11-12-28-22(17)27)13-14-5-7-15(8-6-14)21(25)26/h1-8,11-12H,9-10,13,24H2,(H3,25,26)(H2,27,28). The Balaban J connectivity index is 1.67. The normalized spacial score (nSPS) is 10.5. The molecule has 0 bridgehead atoms. The Hall–Kier alpha value is -4.20. The molecule has 0 atom stereocenters. The second-order valence-corrected chi connectivity index (χ2v) is 6.97. The third-order valence-electron chi connectivity index (χ3n) is 4.81. The largest absolute Gasteiger partial charge is 0.398 e. The summed E-state index contributed by atoms with van der Waals surface area (Å²) in [5.74, 6) is -1.13. The van der Waals surface area contributed by atoms with Crippen LogP contribution in [0.4, 0.5) is 11.5 Å². The highest BCUT2D eigenvalue weighted by molar-refractivity contribution is 6.00. The number of aromatic nitrogens is 1. The van der Waals surface area contributed by atoms with E-state index in [0.717, 1.165) is 16.7 Å². The molecule has 7 N–H and O–H groups in total. The lowest BCUT2D eigenvalue weighted by atomic mass is 9.97. The van der Waals surface area contributed by atoms with Crippen LogP contribution in [0.1, 0.15) is 39.0 Å². The number of hydrogen-bond acceptors (Lipinski definition) is 7. The number of esters is 2. The molecule has 0 fully saturated rings. The quantitative estimate of drug-likeness (QED) is 0.151. The van der Waals surface area contributed by atoms with Gasteiger partial charge in [0.25, 0.3) is 0 Å². The zero-order valence-corrected chi connectivity index (χ0v) is 16.8. The first-order valence-corrected chi connectivity index (χ1v) is 9.60. The zero-order valence-electron chi connectivity index (χ0n) is 16.8. The van der Waals surface area contributed by atoms with Gasteiger partial charge in [-0.05, 0) is 47.7 Å².